The molecule has 1 saturated carbocycles. The molecule has 0 aromatic heterocycles. The second-order valence-electron chi connectivity index (χ2n) is 5.53. The first-order chi connectivity index (χ1) is 8.57. The van der Waals surface area contributed by atoms with Crippen LogP contribution in [0, 0.1) is 11.8 Å². The molecule has 3 heteroatoms. The van der Waals surface area contributed by atoms with Crippen LogP contribution < -0.4 is 5.32 Å². The Bertz CT molecular complexity index is 412. The number of hydrogen-bond donors (Lipinski definition) is 2. The fourth-order valence-corrected chi connectivity index (χ4v) is 2.44. The van der Waals surface area contributed by atoms with Gasteiger partial charge in [-0.25, -0.2) is 4.79 Å². The van der Waals surface area contributed by atoms with Gasteiger partial charge in [-0.1, -0.05) is 44.2 Å². The van der Waals surface area contributed by atoms with Crippen LogP contribution >= 0.6 is 0 Å². The minimum Gasteiger partial charge on any atom is -0.480 e. The molecule has 1 unspecified atom stereocenters. The summed E-state index contributed by atoms with van der Waals surface area (Å²) in [6.45, 7) is 4.91. The summed E-state index contributed by atoms with van der Waals surface area (Å²) in [5, 5.41) is 13.0. The predicted octanol–water partition coefficient (Wildman–Crippen LogP) is 2.62. The third kappa shape index (κ3) is 2.41. The van der Waals surface area contributed by atoms with Crippen molar-refractivity contribution in [3.05, 3.63) is 35.9 Å². The Morgan fingerprint density at radius 3 is 2.44 bits per heavy atom. The van der Waals surface area contributed by atoms with Gasteiger partial charge in [0.25, 0.3) is 0 Å². The lowest BCUT2D eigenvalue weighted by Gasteiger charge is -2.32. The molecule has 98 valence electrons. The molecule has 1 atom stereocenters. The second-order valence-corrected chi connectivity index (χ2v) is 5.53. The Morgan fingerprint density at radius 2 is 2.00 bits per heavy atom. The Balaban J connectivity index is 2.34. The van der Waals surface area contributed by atoms with Gasteiger partial charge >= 0.3 is 5.97 Å². The van der Waals surface area contributed by atoms with Crippen LogP contribution in [0.1, 0.15) is 32.3 Å². The molecule has 18 heavy (non-hydrogen) atoms. The van der Waals surface area contributed by atoms with E-state index in [4.69, 9.17) is 0 Å². The van der Waals surface area contributed by atoms with E-state index in [0.29, 0.717) is 5.92 Å². The number of nitrogens with one attached hydrogen (secondary N) is 1. The SMILES string of the molecule is CC(C)CNC(C(=O)O)(c1ccccc1)C1CC1. The largest absolute Gasteiger partial charge is 0.480 e. The van der Waals surface area contributed by atoms with Crippen molar-refractivity contribution in [3.63, 3.8) is 0 Å². The zero-order chi connectivity index (χ0) is 13.2. The fraction of sp³-hybridized carbons (Fsp3) is 0.533. The van der Waals surface area contributed by atoms with Gasteiger partial charge in [-0.2, -0.15) is 0 Å². The number of benzene rings is 1. The second kappa shape index (κ2) is 5.11. The Hall–Kier alpha value is -1.35. The summed E-state index contributed by atoms with van der Waals surface area (Å²) >= 11 is 0. The summed E-state index contributed by atoms with van der Waals surface area (Å²) in [6, 6.07) is 9.57. The van der Waals surface area contributed by atoms with Crippen LogP contribution in [0.4, 0.5) is 0 Å². The van der Waals surface area contributed by atoms with E-state index < -0.39 is 11.5 Å². The summed E-state index contributed by atoms with van der Waals surface area (Å²) < 4.78 is 0. The number of carboxylic acid groups (broad SMARTS) is 1. The summed E-state index contributed by atoms with van der Waals surface area (Å²) in [4.78, 5) is 11.9. The van der Waals surface area contributed by atoms with Gasteiger partial charge < -0.3 is 5.11 Å². The molecule has 1 aliphatic rings. The first-order valence-electron chi connectivity index (χ1n) is 6.61. The van der Waals surface area contributed by atoms with Crippen LogP contribution in [0.15, 0.2) is 30.3 Å². The number of hydrogen-bond acceptors (Lipinski definition) is 2. The minimum absolute atomic E-state index is 0.219. The number of rotatable bonds is 6. The molecule has 0 amide bonds. The van der Waals surface area contributed by atoms with E-state index in [0.717, 1.165) is 24.9 Å². The maximum Gasteiger partial charge on any atom is 0.328 e. The van der Waals surface area contributed by atoms with E-state index in [1.165, 1.54) is 0 Å². The highest BCUT2D eigenvalue weighted by Crippen LogP contribution is 2.46. The summed E-state index contributed by atoms with van der Waals surface area (Å²) in [6.07, 6.45) is 1.98. The molecule has 0 heterocycles. The molecule has 1 aliphatic carbocycles. The molecule has 0 aliphatic heterocycles. The fourth-order valence-electron chi connectivity index (χ4n) is 2.44. The monoisotopic (exact) mass is 247 g/mol. The van der Waals surface area contributed by atoms with Gasteiger partial charge in [0.15, 0.2) is 0 Å². The first kappa shape index (κ1) is 13.1. The lowest BCUT2D eigenvalue weighted by Crippen LogP contribution is -2.52. The predicted molar refractivity (Wildman–Crippen MR) is 71.3 cm³/mol. The smallest absolute Gasteiger partial charge is 0.328 e. The maximum atomic E-state index is 11.9. The molecular weight excluding hydrogens is 226 g/mol. The highest BCUT2D eigenvalue weighted by atomic mass is 16.4. The van der Waals surface area contributed by atoms with Crippen molar-refractivity contribution in [2.75, 3.05) is 6.54 Å². The molecule has 0 bridgehead atoms. The molecule has 0 radical (unpaired) electrons. The molecule has 0 saturated heterocycles. The van der Waals surface area contributed by atoms with E-state index >= 15 is 0 Å². The average Bonchev–Trinajstić information content (AvgIpc) is 3.15. The van der Waals surface area contributed by atoms with Gasteiger partial charge in [0.2, 0.25) is 0 Å². The standard InChI is InChI=1S/C15H21NO2/c1-11(2)10-16-15(14(17)18,13-8-9-13)12-6-4-3-5-7-12/h3-7,11,13,16H,8-10H2,1-2H3,(H,17,18). The molecule has 3 nitrogen and oxygen atoms in total. The van der Waals surface area contributed by atoms with Gasteiger partial charge in [0.1, 0.15) is 5.54 Å². The third-order valence-electron chi connectivity index (χ3n) is 3.55. The molecule has 1 aromatic rings. The van der Waals surface area contributed by atoms with Crippen LogP contribution in [-0.4, -0.2) is 17.6 Å². The number of carboxylic acids is 1. The summed E-state index contributed by atoms with van der Waals surface area (Å²) in [5.41, 5.74) is -0.0217. The first-order valence-corrected chi connectivity index (χ1v) is 6.61. The van der Waals surface area contributed by atoms with Gasteiger partial charge in [-0.3, -0.25) is 5.32 Å². The average molecular weight is 247 g/mol. The number of aliphatic carboxylic acids is 1. The van der Waals surface area contributed by atoms with E-state index in [1.54, 1.807) is 0 Å². The van der Waals surface area contributed by atoms with Gasteiger partial charge in [-0.05, 0) is 36.8 Å². The Morgan fingerprint density at radius 1 is 1.39 bits per heavy atom. The lowest BCUT2D eigenvalue weighted by molar-refractivity contribution is -0.146. The van der Waals surface area contributed by atoms with E-state index in [1.807, 2.05) is 30.3 Å². The normalized spacial score (nSPS) is 18.6. The third-order valence-corrected chi connectivity index (χ3v) is 3.55. The van der Waals surface area contributed by atoms with Crippen molar-refractivity contribution in [2.24, 2.45) is 11.8 Å². The van der Waals surface area contributed by atoms with Crippen molar-refractivity contribution >= 4 is 5.97 Å². The van der Waals surface area contributed by atoms with Crippen LogP contribution in [0.3, 0.4) is 0 Å². The Kier molecular flexibility index (Phi) is 3.71. The maximum absolute atomic E-state index is 11.9. The molecule has 1 aromatic carbocycles. The van der Waals surface area contributed by atoms with Gasteiger partial charge in [0, 0.05) is 0 Å². The molecule has 1 fully saturated rings. The van der Waals surface area contributed by atoms with Crippen LogP contribution in [0.25, 0.3) is 0 Å². The van der Waals surface area contributed by atoms with Crippen molar-refractivity contribution in [3.8, 4) is 0 Å². The molecular formula is C15H21NO2. The van der Waals surface area contributed by atoms with Crippen molar-refractivity contribution < 1.29 is 9.90 Å². The van der Waals surface area contributed by atoms with Crippen molar-refractivity contribution in [1.82, 2.24) is 5.32 Å². The molecule has 0 spiro atoms. The van der Waals surface area contributed by atoms with Crippen LogP contribution in [0.2, 0.25) is 0 Å². The van der Waals surface area contributed by atoms with E-state index in [-0.39, 0.29) is 5.92 Å². The van der Waals surface area contributed by atoms with Gasteiger partial charge in [0.05, 0.1) is 0 Å². The molecule has 2 rings (SSSR count). The topological polar surface area (TPSA) is 49.3 Å². The minimum atomic E-state index is -0.897. The quantitative estimate of drug-likeness (QED) is 0.812. The highest BCUT2D eigenvalue weighted by molar-refractivity contribution is 5.81. The molecule has 2 N–H and O–H groups in total. The van der Waals surface area contributed by atoms with Gasteiger partial charge in [-0.15, -0.1) is 0 Å². The van der Waals surface area contributed by atoms with E-state index in [9.17, 15) is 9.90 Å². The Labute approximate surface area is 108 Å². The lowest BCUT2D eigenvalue weighted by atomic mass is 9.84. The zero-order valence-corrected chi connectivity index (χ0v) is 11.0. The van der Waals surface area contributed by atoms with Crippen molar-refractivity contribution in [1.29, 1.82) is 0 Å². The zero-order valence-electron chi connectivity index (χ0n) is 11.0. The van der Waals surface area contributed by atoms with E-state index in [2.05, 4.69) is 19.2 Å². The van der Waals surface area contributed by atoms with Crippen LogP contribution in [-0.2, 0) is 10.3 Å². The number of carbonyl (C=O) groups is 1. The van der Waals surface area contributed by atoms with Crippen molar-refractivity contribution in [2.45, 2.75) is 32.2 Å². The summed E-state index contributed by atoms with van der Waals surface area (Å²) in [5.74, 6) is -0.0980. The van der Waals surface area contributed by atoms with Crippen LogP contribution in [0.5, 0.6) is 0 Å². The highest BCUT2D eigenvalue weighted by Gasteiger charge is 2.52. The summed E-state index contributed by atoms with van der Waals surface area (Å²) in [7, 11) is 0.